The van der Waals surface area contributed by atoms with E-state index in [1.807, 2.05) is 0 Å². The van der Waals surface area contributed by atoms with E-state index in [0.717, 1.165) is 0 Å². The van der Waals surface area contributed by atoms with Crippen LogP contribution in [0.4, 0.5) is 5.82 Å². The van der Waals surface area contributed by atoms with Crippen LogP contribution in [0, 0.1) is 0 Å². The molecule has 1 aliphatic heterocycles. The van der Waals surface area contributed by atoms with Crippen LogP contribution < -0.4 is 16.3 Å². The third-order valence-electron chi connectivity index (χ3n) is 6.00. The number of nitrogens with one attached hydrogen (secondary N) is 2. The van der Waals surface area contributed by atoms with E-state index in [-0.39, 0.29) is 56.9 Å². The summed E-state index contributed by atoms with van der Waals surface area (Å²) in [6.45, 7) is 0.658. The summed E-state index contributed by atoms with van der Waals surface area (Å²) in [5.41, 5.74) is 8.19. The molecule has 1 aromatic rings. The second-order valence-electron chi connectivity index (χ2n) is 9.03. The zero-order valence-corrected chi connectivity index (χ0v) is 25.1. The molecular weight excluding hydrogens is 583 g/mol. The molecule has 1 aliphatic rings. The molecule has 4 N–H and O–H groups in total. The fourth-order valence-electron chi connectivity index (χ4n) is 3.93. The summed E-state index contributed by atoms with van der Waals surface area (Å²) in [5, 5.41) is 27.8. The number of aliphatic hydroxyl groups is 1. The number of carboxylic acid groups (broad SMARTS) is 1. The molecule has 40 heavy (non-hydrogen) atoms. The molecule has 1 fully saturated rings. The molecule has 7 atom stereocenters. The Hall–Kier alpha value is -2.23. The van der Waals surface area contributed by atoms with Gasteiger partial charge >= 0.3 is 11.7 Å². The third-order valence-corrected chi connectivity index (χ3v) is 8.28. The van der Waals surface area contributed by atoms with E-state index < -0.39 is 42.0 Å². The van der Waals surface area contributed by atoms with E-state index in [4.69, 9.17) is 19.9 Å². The van der Waals surface area contributed by atoms with Gasteiger partial charge in [0.15, 0.2) is 0 Å². The van der Waals surface area contributed by atoms with Gasteiger partial charge < -0.3 is 30.1 Å². The number of carbonyl (C=O) groups is 3. The lowest BCUT2D eigenvalue weighted by atomic mass is 10.1. The van der Waals surface area contributed by atoms with Crippen LogP contribution in [0.5, 0.6) is 0 Å². The van der Waals surface area contributed by atoms with Gasteiger partial charge in [-0.05, 0) is 37.3 Å². The van der Waals surface area contributed by atoms with Gasteiger partial charge in [0, 0.05) is 57.9 Å². The number of aliphatic hydroxyl groups excluding tert-OH is 1. The predicted octanol–water partition coefficient (Wildman–Crippen LogP) is 2.82. The van der Waals surface area contributed by atoms with E-state index in [9.17, 15) is 24.3 Å². The zero-order chi connectivity index (χ0) is 29.3. The summed E-state index contributed by atoms with van der Waals surface area (Å²) in [6, 6.07) is 0.880. The lowest BCUT2D eigenvalue weighted by molar-refractivity contribution is -0.137. The second-order valence-corrected chi connectivity index (χ2v) is 13.9. The molecule has 0 radical (unpaired) electrons. The Morgan fingerprint density at radius 2 is 2.02 bits per heavy atom. The van der Waals surface area contributed by atoms with Crippen LogP contribution in [0.2, 0.25) is 0 Å². The molecule has 0 bridgehead atoms. The largest absolute Gasteiger partial charge is 0.481 e. The average molecular weight is 619 g/mol. The minimum absolute atomic E-state index is 0.0171. The number of azide groups is 1. The maximum atomic E-state index is 12.5. The van der Waals surface area contributed by atoms with Gasteiger partial charge in [-0.15, -0.1) is 8.93 Å². The van der Waals surface area contributed by atoms with Gasteiger partial charge in [0.1, 0.15) is 18.1 Å². The van der Waals surface area contributed by atoms with Crippen LogP contribution in [-0.4, -0.2) is 68.9 Å². The van der Waals surface area contributed by atoms with Crippen molar-refractivity contribution in [3.8, 4) is 0 Å². The number of aliphatic carboxylic acids is 1. The Morgan fingerprint density at radius 1 is 1.27 bits per heavy atom. The Balaban J connectivity index is 1.75. The van der Waals surface area contributed by atoms with Crippen LogP contribution in [0.3, 0.4) is 0 Å². The number of hydrogen-bond donors (Lipinski definition) is 4. The van der Waals surface area contributed by atoms with Gasteiger partial charge in [0.2, 0.25) is 11.8 Å². The molecule has 2 heterocycles. The number of anilines is 1. The number of unbranched alkanes of at least 4 members (excludes halogenated alkanes) is 2. The van der Waals surface area contributed by atoms with Crippen LogP contribution in [0.15, 0.2) is 22.2 Å². The molecule has 0 spiro atoms. The SMILES string of the molecule is [N-]=[N+]=NC(CCC(=O)NCCCCCC(=O)O)CCC(=O)Nc1ccn([C@H]2CC(O)[C@@H](COPPP)O2)c(=O)n1. The van der Waals surface area contributed by atoms with Crippen molar-refractivity contribution in [2.75, 3.05) is 18.5 Å². The van der Waals surface area contributed by atoms with E-state index in [1.54, 1.807) is 0 Å². The first-order chi connectivity index (χ1) is 19.2. The summed E-state index contributed by atoms with van der Waals surface area (Å²) in [5.74, 6) is -1.45. The van der Waals surface area contributed by atoms with Crippen LogP contribution in [0.1, 0.15) is 64.0 Å². The highest BCUT2D eigenvalue weighted by atomic mass is 32.4. The van der Waals surface area contributed by atoms with Crippen molar-refractivity contribution < 1.29 is 33.9 Å². The van der Waals surface area contributed by atoms with Crippen molar-refractivity contribution in [3.05, 3.63) is 33.2 Å². The summed E-state index contributed by atoms with van der Waals surface area (Å²) in [6.07, 6.45) is 2.19. The van der Waals surface area contributed by atoms with Gasteiger partial charge in [0.25, 0.3) is 0 Å². The summed E-state index contributed by atoms with van der Waals surface area (Å²) >= 11 is 0. The number of ether oxygens (including phenoxy) is 1. The minimum Gasteiger partial charge on any atom is -0.481 e. The Bertz CT molecular complexity index is 1090. The quantitative estimate of drug-likeness (QED) is 0.0587. The standard InChI is InChI=1S/C22H36N7O8P3/c23-28-27-14(5-7-18(31)24-10-3-1-2-4-21(33)34)6-8-19(32)25-17-9-11-29(22(35)26-17)20-12-15(30)16(37-20)13-36-39-40-38/h9,11,14-16,20,30,39-40H,1-8,10,12-13,38H2,(H,24,31)(H,33,34)(H,25,26,32,35)/t14?,15?,16-,20-/m1/s1. The van der Waals surface area contributed by atoms with Crippen molar-refractivity contribution in [2.45, 2.75) is 82.3 Å². The van der Waals surface area contributed by atoms with Gasteiger partial charge in [-0.1, -0.05) is 19.5 Å². The van der Waals surface area contributed by atoms with Crippen LogP contribution >= 0.6 is 25.4 Å². The third kappa shape index (κ3) is 13.0. The predicted molar refractivity (Wildman–Crippen MR) is 154 cm³/mol. The first kappa shape index (κ1) is 34.0. The maximum Gasteiger partial charge on any atom is 0.351 e. The monoisotopic (exact) mass is 619 g/mol. The number of carboxylic acids is 1. The van der Waals surface area contributed by atoms with E-state index in [0.29, 0.717) is 42.3 Å². The smallest absolute Gasteiger partial charge is 0.351 e. The molecule has 222 valence electrons. The van der Waals surface area contributed by atoms with Gasteiger partial charge in [-0.25, -0.2) is 4.79 Å². The number of hydrogen-bond acceptors (Lipinski definition) is 9. The number of aromatic nitrogens is 2. The highest BCUT2D eigenvalue weighted by molar-refractivity contribution is 8.37. The lowest BCUT2D eigenvalue weighted by Crippen LogP contribution is -2.29. The van der Waals surface area contributed by atoms with Gasteiger partial charge in [-0.3, -0.25) is 19.0 Å². The molecule has 0 aliphatic carbocycles. The Labute approximate surface area is 236 Å². The molecule has 1 aromatic heterocycles. The maximum absolute atomic E-state index is 12.5. The molecular formula is C22H36N7O8P3. The van der Waals surface area contributed by atoms with E-state index in [2.05, 4.69) is 34.6 Å². The van der Waals surface area contributed by atoms with Crippen molar-refractivity contribution in [1.82, 2.24) is 14.9 Å². The molecule has 0 aromatic carbocycles. The Morgan fingerprint density at radius 3 is 2.70 bits per heavy atom. The first-order valence-electron chi connectivity index (χ1n) is 12.8. The molecule has 18 heteroatoms. The van der Waals surface area contributed by atoms with Crippen LogP contribution in [0.25, 0.3) is 10.4 Å². The average Bonchev–Trinajstić information content (AvgIpc) is 3.27. The molecule has 5 unspecified atom stereocenters. The molecule has 0 saturated carbocycles. The second kappa shape index (κ2) is 19.0. The minimum atomic E-state index is -0.844. The number of nitrogens with zero attached hydrogens (tertiary/aromatic N) is 5. The zero-order valence-electron chi connectivity index (χ0n) is 21.9. The highest BCUT2D eigenvalue weighted by Crippen LogP contribution is 2.44. The Kier molecular flexibility index (Phi) is 16.1. The van der Waals surface area contributed by atoms with Crippen LogP contribution in [-0.2, 0) is 23.6 Å². The molecule has 15 nitrogen and oxygen atoms in total. The normalized spacial score (nSPS) is 19.6. The molecule has 2 amide bonds. The summed E-state index contributed by atoms with van der Waals surface area (Å²) in [7, 11) is 3.45. The first-order valence-corrected chi connectivity index (χ1v) is 17.5. The topological polar surface area (TPSA) is 218 Å². The number of carbonyl (C=O) groups excluding carboxylic acids is 2. The van der Waals surface area contributed by atoms with E-state index in [1.165, 1.54) is 16.8 Å². The van der Waals surface area contributed by atoms with E-state index >= 15 is 0 Å². The van der Waals surface area contributed by atoms with Crippen molar-refractivity contribution >= 4 is 49.0 Å². The fourth-order valence-corrected chi connectivity index (χ4v) is 5.51. The molecule has 2 rings (SSSR count). The fraction of sp³-hybridized carbons (Fsp3) is 0.682. The lowest BCUT2D eigenvalue weighted by Gasteiger charge is -2.16. The van der Waals surface area contributed by atoms with Crippen molar-refractivity contribution in [3.63, 3.8) is 0 Å². The summed E-state index contributed by atoms with van der Waals surface area (Å²) in [4.78, 5) is 54.1. The van der Waals surface area contributed by atoms with Gasteiger partial charge in [0.05, 0.1) is 12.7 Å². The summed E-state index contributed by atoms with van der Waals surface area (Å²) < 4.78 is 12.5. The number of rotatable bonds is 19. The molecule has 1 saturated heterocycles. The van der Waals surface area contributed by atoms with Crippen molar-refractivity contribution in [2.24, 2.45) is 5.11 Å². The number of amides is 2. The van der Waals surface area contributed by atoms with Crippen molar-refractivity contribution in [1.29, 1.82) is 0 Å². The van der Waals surface area contributed by atoms with Gasteiger partial charge in [-0.2, -0.15) is 4.98 Å². The highest BCUT2D eigenvalue weighted by Gasteiger charge is 2.35.